The Morgan fingerprint density at radius 1 is 0.447 bits per heavy atom. The Hall–Kier alpha value is -5.24. The average Bonchev–Trinajstić information content (AvgIpc) is 3.04. The van der Waals surface area contributed by atoms with Gasteiger partial charge in [-0.3, -0.25) is 19.2 Å². The van der Waals surface area contributed by atoms with Gasteiger partial charge in [-0.2, -0.15) is 0 Å². The van der Waals surface area contributed by atoms with Gasteiger partial charge in [0, 0.05) is 24.2 Å². The predicted octanol–water partition coefficient (Wildman–Crippen LogP) is 8.73. The van der Waals surface area contributed by atoms with E-state index in [0.29, 0.717) is 59.6 Å². The summed E-state index contributed by atoms with van der Waals surface area (Å²) in [5.74, 6) is -0.846. The molecule has 0 heterocycles. The van der Waals surface area contributed by atoms with Crippen LogP contribution in [-0.4, -0.2) is 23.6 Å². The molecule has 8 heteroatoms. The Bertz CT molecular complexity index is 1620. The van der Waals surface area contributed by atoms with E-state index in [1.54, 1.807) is 48.5 Å². The molecular formula is C39H44N4O4. The number of nitrogens with one attached hydrogen (secondary N) is 4. The first-order valence-corrected chi connectivity index (χ1v) is 16.2. The SMILES string of the molecule is Cc1ccc(NC(=O)c2ccccc2NC(=O)CCCCCCCC(=O)Nc2ccccc2C(=O)Nc2ccc(C)c(C)c2)cc1C. The van der Waals surface area contributed by atoms with E-state index >= 15 is 0 Å². The van der Waals surface area contributed by atoms with Crippen LogP contribution in [0.2, 0.25) is 0 Å². The molecule has 4 N–H and O–H groups in total. The lowest BCUT2D eigenvalue weighted by Gasteiger charge is -2.12. The quantitative estimate of drug-likeness (QED) is 0.104. The summed E-state index contributed by atoms with van der Waals surface area (Å²) < 4.78 is 0. The number of unbranched alkanes of at least 4 members (excludes halogenated alkanes) is 4. The second kappa shape index (κ2) is 16.9. The van der Waals surface area contributed by atoms with E-state index in [9.17, 15) is 19.2 Å². The second-order valence-electron chi connectivity index (χ2n) is 12.0. The Morgan fingerprint density at radius 3 is 1.23 bits per heavy atom. The van der Waals surface area contributed by atoms with E-state index in [4.69, 9.17) is 0 Å². The maximum absolute atomic E-state index is 12.9. The molecule has 0 aliphatic carbocycles. The highest BCUT2D eigenvalue weighted by molar-refractivity contribution is 6.11. The van der Waals surface area contributed by atoms with Crippen molar-refractivity contribution in [2.75, 3.05) is 21.3 Å². The number of hydrogen-bond acceptors (Lipinski definition) is 4. The third-order valence-electron chi connectivity index (χ3n) is 8.23. The molecule has 0 aliphatic heterocycles. The number of carbonyl (C=O) groups excluding carboxylic acids is 4. The molecule has 0 saturated carbocycles. The zero-order valence-corrected chi connectivity index (χ0v) is 27.7. The van der Waals surface area contributed by atoms with Crippen LogP contribution in [0, 0.1) is 27.7 Å². The summed E-state index contributed by atoms with van der Waals surface area (Å²) in [7, 11) is 0. The molecule has 4 amide bonds. The molecule has 244 valence electrons. The normalized spacial score (nSPS) is 10.6. The van der Waals surface area contributed by atoms with Crippen LogP contribution >= 0.6 is 0 Å². The van der Waals surface area contributed by atoms with E-state index in [0.717, 1.165) is 41.5 Å². The summed E-state index contributed by atoms with van der Waals surface area (Å²) >= 11 is 0. The van der Waals surface area contributed by atoms with Gasteiger partial charge in [-0.25, -0.2) is 0 Å². The molecule has 0 unspecified atom stereocenters. The largest absolute Gasteiger partial charge is 0.325 e. The lowest BCUT2D eigenvalue weighted by molar-refractivity contribution is -0.117. The molecule has 0 saturated heterocycles. The van der Waals surface area contributed by atoms with E-state index in [-0.39, 0.29) is 23.6 Å². The summed E-state index contributed by atoms with van der Waals surface area (Å²) in [5.41, 5.74) is 7.65. The summed E-state index contributed by atoms with van der Waals surface area (Å²) in [6.07, 6.45) is 4.70. The summed E-state index contributed by atoms with van der Waals surface area (Å²) in [6, 6.07) is 25.5. The summed E-state index contributed by atoms with van der Waals surface area (Å²) in [6.45, 7) is 8.03. The number of amides is 4. The minimum absolute atomic E-state index is 0.143. The van der Waals surface area contributed by atoms with E-state index in [2.05, 4.69) is 21.3 Å². The molecule has 4 aromatic carbocycles. The van der Waals surface area contributed by atoms with E-state index in [1.807, 2.05) is 64.1 Å². The van der Waals surface area contributed by atoms with Crippen LogP contribution in [0.25, 0.3) is 0 Å². The molecule has 0 aromatic heterocycles. The lowest BCUT2D eigenvalue weighted by atomic mass is 10.1. The highest BCUT2D eigenvalue weighted by Gasteiger charge is 2.15. The van der Waals surface area contributed by atoms with Crippen LogP contribution in [0.4, 0.5) is 22.7 Å². The Morgan fingerprint density at radius 2 is 0.830 bits per heavy atom. The Labute approximate surface area is 277 Å². The number of hydrogen-bond donors (Lipinski definition) is 4. The monoisotopic (exact) mass is 632 g/mol. The highest BCUT2D eigenvalue weighted by Crippen LogP contribution is 2.22. The topological polar surface area (TPSA) is 116 Å². The van der Waals surface area contributed by atoms with Crippen LogP contribution in [0.3, 0.4) is 0 Å². The molecule has 8 nitrogen and oxygen atoms in total. The zero-order chi connectivity index (χ0) is 33.8. The number of anilines is 4. The van der Waals surface area contributed by atoms with E-state index < -0.39 is 0 Å². The van der Waals surface area contributed by atoms with Crippen molar-refractivity contribution in [1.29, 1.82) is 0 Å². The van der Waals surface area contributed by atoms with Gasteiger partial charge in [-0.15, -0.1) is 0 Å². The average molecular weight is 633 g/mol. The fourth-order valence-electron chi connectivity index (χ4n) is 5.14. The van der Waals surface area contributed by atoms with Gasteiger partial charge in [-0.05, 0) is 111 Å². The fourth-order valence-corrected chi connectivity index (χ4v) is 5.14. The van der Waals surface area contributed by atoms with Crippen molar-refractivity contribution in [2.45, 2.75) is 72.6 Å². The molecule has 4 rings (SSSR count). The first kappa shape index (κ1) is 34.6. The van der Waals surface area contributed by atoms with Crippen LogP contribution in [0.15, 0.2) is 84.9 Å². The van der Waals surface area contributed by atoms with Gasteiger partial charge >= 0.3 is 0 Å². The fraction of sp³-hybridized carbons (Fsp3) is 0.282. The number of benzene rings is 4. The van der Waals surface area contributed by atoms with Crippen molar-refractivity contribution in [3.8, 4) is 0 Å². The maximum atomic E-state index is 12.9. The first-order chi connectivity index (χ1) is 22.6. The van der Waals surface area contributed by atoms with Crippen molar-refractivity contribution >= 4 is 46.4 Å². The molecule has 4 aromatic rings. The smallest absolute Gasteiger partial charge is 0.257 e. The van der Waals surface area contributed by atoms with E-state index in [1.165, 1.54) is 0 Å². The first-order valence-electron chi connectivity index (χ1n) is 16.2. The second-order valence-corrected chi connectivity index (χ2v) is 12.0. The molecule has 0 aliphatic rings. The maximum Gasteiger partial charge on any atom is 0.257 e. The van der Waals surface area contributed by atoms with Gasteiger partial charge in [-0.1, -0.05) is 55.7 Å². The molecule has 0 spiro atoms. The Balaban J connectivity index is 1.15. The highest BCUT2D eigenvalue weighted by atomic mass is 16.2. The van der Waals surface area contributed by atoms with Crippen LogP contribution in [0.5, 0.6) is 0 Å². The van der Waals surface area contributed by atoms with Crippen molar-refractivity contribution < 1.29 is 19.2 Å². The predicted molar refractivity (Wildman–Crippen MR) is 190 cm³/mol. The van der Waals surface area contributed by atoms with Gasteiger partial charge in [0.15, 0.2) is 0 Å². The number of carbonyl (C=O) groups is 4. The summed E-state index contributed by atoms with van der Waals surface area (Å²) in [4.78, 5) is 51.2. The molecular weight excluding hydrogens is 588 g/mol. The standard InChI is InChI=1S/C39H44N4O4/c1-26-20-22-30(24-28(26)3)40-38(46)32-14-10-12-16-34(32)42-36(44)18-8-6-5-7-9-19-37(45)43-35-17-13-11-15-33(35)39(47)41-31-23-21-27(2)29(4)25-31/h10-17,20-25H,5-9,18-19H2,1-4H3,(H,40,46)(H,41,47)(H,42,44)(H,43,45). The molecule has 0 atom stereocenters. The van der Waals surface area contributed by atoms with Crippen molar-refractivity contribution in [3.05, 3.63) is 118 Å². The van der Waals surface area contributed by atoms with Crippen LogP contribution < -0.4 is 21.3 Å². The third-order valence-corrected chi connectivity index (χ3v) is 8.23. The molecule has 47 heavy (non-hydrogen) atoms. The minimum atomic E-state index is -0.280. The zero-order valence-electron chi connectivity index (χ0n) is 27.7. The van der Waals surface area contributed by atoms with Crippen LogP contribution in [-0.2, 0) is 9.59 Å². The summed E-state index contributed by atoms with van der Waals surface area (Å²) in [5, 5.41) is 11.6. The van der Waals surface area contributed by atoms with Crippen molar-refractivity contribution in [1.82, 2.24) is 0 Å². The number of para-hydroxylation sites is 2. The minimum Gasteiger partial charge on any atom is -0.325 e. The van der Waals surface area contributed by atoms with Crippen molar-refractivity contribution in [2.24, 2.45) is 0 Å². The molecule has 0 fully saturated rings. The Kier molecular flexibility index (Phi) is 12.4. The van der Waals surface area contributed by atoms with Gasteiger partial charge in [0.2, 0.25) is 11.8 Å². The molecule has 0 bridgehead atoms. The van der Waals surface area contributed by atoms with Gasteiger partial charge < -0.3 is 21.3 Å². The van der Waals surface area contributed by atoms with Crippen molar-refractivity contribution in [3.63, 3.8) is 0 Å². The number of rotatable bonds is 14. The third kappa shape index (κ3) is 10.4. The van der Waals surface area contributed by atoms with Gasteiger partial charge in [0.25, 0.3) is 11.8 Å². The molecule has 0 radical (unpaired) electrons. The van der Waals surface area contributed by atoms with Gasteiger partial charge in [0.1, 0.15) is 0 Å². The lowest BCUT2D eigenvalue weighted by Crippen LogP contribution is -2.18. The van der Waals surface area contributed by atoms with Gasteiger partial charge in [0.05, 0.1) is 22.5 Å². The number of aryl methyl sites for hydroxylation is 4. The van der Waals surface area contributed by atoms with Crippen LogP contribution in [0.1, 0.15) is 87.9 Å².